The molecule has 2 spiro atoms. The Morgan fingerprint density at radius 1 is 0.878 bits per heavy atom. The zero-order valence-corrected chi connectivity index (χ0v) is 28.9. The minimum Gasteiger partial charge on any atom is -0.472 e. The van der Waals surface area contributed by atoms with E-state index in [9.17, 15) is 24.0 Å². The van der Waals surface area contributed by atoms with Crippen LogP contribution in [0, 0.1) is 28.1 Å². The largest absolute Gasteiger partial charge is 0.472 e. The quantitative estimate of drug-likeness (QED) is 0.315. The third-order valence-electron chi connectivity index (χ3n) is 13.8. The summed E-state index contributed by atoms with van der Waals surface area (Å²) in [5.41, 5.74) is -9.35. The lowest BCUT2D eigenvalue weighted by Gasteiger charge is -2.77. The van der Waals surface area contributed by atoms with E-state index in [1.165, 1.54) is 40.4 Å². The van der Waals surface area contributed by atoms with E-state index in [2.05, 4.69) is 0 Å². The molecule has 0 radical (unpaired) electrons. The topological polar surface area (TPSA) is 172 Å². The number of furan rings is 1. The van der Waals surface area contributed by atoms with Crippen LogP contribution in [-0.4, -0.2) is 77.5 Å². The van der Waals surface area contributed by atoms with E-state index in [0.29, 0.717) is 18.4 Å². The molecule has 4 saturated carbocycles. The van der Waals surface area contributed by atoms with Crippen molar-refractivity contribution < 1.29 is 66.3 Å². The lowest BCUT2D eigenvalue weighted by Crippen LogP contribution is -2.94. The van der Waals surface area contributed by atoms with Gasteiger partial charge in [-0.15, -0.1) is 0 Å². The Labute approximate surface area is 282 Å². The summed E-state index contributed by atoms with van der Waals surface area (Å²) < 4.78 is 57.3. The van der Waals surface area contributed by atoms with Crippen LogP contribution in [0.25, 0.3) is 0 Å². The highest BCUT2D eigenvalue weighted by atomic mass is 16.9. The van der Waals surface area contributed by atoms with E-state index >= 15 is 0 Å². The van der Waals surface area contributed by atoms with Crippen molar-refractivity contribution in [3.05, 3.63) is 24.2 Å². The lowest BCUT2D eigenvalue weighted by molar-refractivity contribution is -0.477. The predicted octanol–water partition coefficient (Wildman–Crippen LogP) is 3.44. The van der Waals surface area contributed by atoms with Crippen LogP contribution < -0.4 is 0 Å². The number of methoxy groups -OCH3 is 1. The van der Waals surface area contributed by atoms with Gasteiger partial charge in [0, 0.05) is 61.8 Å². The molecule has 0 amide bonds. The maximum atomic E-state index is 13.8. The van der Waals surface area contributed by atoms with Gasteiger partial charge in [-0.2, -0.15) is 0 Å². The van der Waals surface area contributed by atoms with Crippen LogP contribution in [0.3, 0.4) is 0 Å². The summed E-state index contributed by atoms with van der Waals surface area (Å²) in [4.78, 5) is 67.1. The molecular formula is C35H42O14. The Kier molecular flexibility index (Phi) is 6.30. The maximum Gasteiger partial charge on any atom is 0.306 e. The molecule has 4 aliphatic carbocycles. The van der Waals surface area contributed by atoms with Crippen molar-refractivity contribution in [1.29, 1.82) is 0 Å². The second-order valence-corrected chi connectivity index (χ2v) is 15.9. The van der Waals surface area contributed by atoms with Gasteiger partial charge < -0.3 is 42.3 Å². The molecule has 3 saturated heterocycles. The van der Waals surface area contributed by atoms with Crippen molar-refractivity contribution in [2.75, 3.05) is 7.11 Å². The molecule has 1 aromatic heterocycles. The number of carbonyl (C=O) groups excluding carboxylic acids is 5. The normalized spacial score (nSPS) is 50.9. The minimum absolute atomic E-state index is 0.125. The Hall–Kier alpha value is -3.49. The van der Waals surface area contributed by atoms with Gasteiger partial charge in [-0.1, -0.05) is 20.8 Å². The Bertz CT molecular complexity index is 1690. The van der Waals surface area contributed by atoms with E-state index < -0.39 is 105 Å². The Morgan fingerprint density at radius 3 is 2.16 bits per heavy atom. The molecule has 7 fully saturated rings. The van der Waals surface area contributed by atoms with Crippen LogP contribution in [0.15, 0.2) is 23.0 Å². The van der Waals surface area contributed by atoms with Crippen LogP contribution in [0.4, 0.5) is 0 Å². The summed E-state index contributed by atoms with van der Waals surface area (Å²) in [6.45, 7) is 11.1. The third-order valence-corrected chi connectivity index (χ3v) is 13.8. The molecular weight excluding hydrogens is 644 g/mol. The molecule has 8 rings (SSSR count). The second-order valence-electron chi connectivity index (χ2n) is 15.9. The summed E-state index contributed by atoms with van der Waals surface area (Å²) in [6, 6.07) is 1.73. The van der Waals surface area contributed by atoms with Gasteiger partial charge in [-0.3, -0.25) is 24.0 Å². The van der Waals surface area contributed by atoms with Gasteiger partial charge in [-0.05, 0) is 31.2 Å². The zero-order valence-electron chi connectivity index (χ0n) is 28.9. The predicted molar refractivity (Wildman–Crippen MR) is 159 cm³/mol. The first-order chi connectivity index (χ1) is 22.9. The first kappa shape index (κ1) is 32.7. The van der Waals surface area contributed by atoms with E-state index in [0.717, 1.165) is 0 Å². The molecule has 1 aromatic rings. The van der Waals surface area contributed by atoms with Gasteiger partial charge in [-0.25, -0.2) is 0 Å². The van der Waals surface area contributed by atoms with Crippen molar-refractivity contribution in [1.82, 2.24) is 0 Å². The highest BCUT2D eigenvalue weighted by molar-refractivity contribution is 5.75. The summed E-state index contributed by atoms with van der Waals surface area (Å²) in [5, 5.41) is 0. The van der Waals surface area contributed by atoms with Crippen LogP contribution in [0.2, 0.25) is 0 Å². The molecule has 4 heterocycles. The number of cyclic esters (lactones) is 1. The number of hydrogen-bond donors (Lipinski definition) is 0. The van der Waals surface area contributed by atoms with Gasteiger partial charge in [0.25, 0.3) is 5.97 Å². The van der Waals surface area contributed by atoms with Crippen LogP contribution >= 0.6 is 0 Å². The second kappa shape index (κ2) is 9.43. The molecule has 14 heteroatoms. The third kappa shape index (κ3) is 3.33. The molecule has 4 bridgehead atoms. The van der Waals surface area contributed by atoms with Crippen molar-refractivity contribution in [2.24, 2.45) is 28.1 Å². The van der Waals surface area contributed by atoms with Gasteiger partial charge in [0.05, 0.1) is 26.1 Å². The van der Waals surface area contributed by atoms with Crippen LogP contribution in [0.1, 0.15) is 92.2 Å². The zero-order chi connectivity index (χ0) is 35.4. The standard InChI is InChI=1S/C35H42O14/c1-17(36)43-26-29(5)16-33-30(6,21(29)13-23(39)41-8)32-11-10-28(4)22(14-24(40)45-25(28)20-9-12-42-15-20)34(32,49-31(7,47-32)48-33)27(44-18(2)37)35(26,33)46-19(3)38/h9,12,15,21-22,25-27H,10-11,13-14,16H2,1-8H3/t21-,22+,25-,26+,27-,28+,29+,30-,31+,32-,33+,34+,35-/m0/s1. The van der Waals surface area contributed by atoms with Gasteiger partial charge in [0.2, 0.25) is 5.60 Å². The molecule has 3 aliphatic heterocycles. The van der Waals surface area contributed by atoms with Crippen molar-refractivity contribution in [2.45, 2.75) is 127 Å². The molecule has 49 heavy (non-hydrogen) atoms. The van der Waals surface area contributed by atoms with Crippen molar-refractivity contribution in [3.63, 3.8) is 0 Å². The SMILES string of the molecule is COC(=O)C[C@H]1[C@@]2(C)C[C@@]34O[C@]5(C)O[C@]6([C@@H]7CC(=O)O[C@@H](c8ccoc8)[C@]7(C)CC[C@]6(O5)[C@]13C)[C@H](OC(C)=O)[C@@]4(OC(C)=O)[C@@H]2OC(C)=O. The van der Waals surface area contributed by atoms with Gasteiger partial charge in [0.15, 0.2) is 12.2 Å². The van der Waals surface area contributed by atoms with Gasteiger partial charge in [0.1, 0.15) is 22.9 Å². The highest BCUT2D eigenvalue weighted by Crippen LogP contribution is 2.90. The van der Waals surface area contributed by atoms with Gasteiger partial charge >= 0.3 is 29.8 Å². The molecule has 7 aliphatic rings. The Morgan fingerprint density at radius 2 is 1.55 bits per heavy atom. The van der Waals surface area contributed by atoms with Crippen LogP contribution in [0.5, 0.6) is 0 Å². The molecule has 14 nitrogen and oxygen atoms in total. The number of hydrogen-bond acceptors (Lipinski definition) is 14. The summed E-state index contributed by atoms with van der Waals surface area (Å²) >= 11 is 0. The fourth-order valence-corrected chi connectivity index (χ4v) is 12.8. The maximum absolute atomic E-state index is 13.8. The molecule has 0 N–H and O–H groups in total. The average molecular weight is 687 g/mol. The summed E-state index contributed by atoms with van der Waals surface area (Å²) in [5.74, 6) is -6.47. The fourth-order valence-electron chi connectivity index (χ4n) is 12.8. The molecule has 0 unspecified atom stereocenters. The van der Waals surface area contributed by atoms with Crippen LogP contribution in [-0.2, 0) is 61.9 Å². The monoisotopic (exact) mass is 686 g/mol. The fraction of sp³-hybridized carbons (Fsp3) is 0.743. The number of carbonyl (C=O) groups is 5. The minimum atomic E-state index is -2.01. The van der Waals surface area contributed by atoms with E-state index in [1.54, 1.807) is 13.0 Å². The molecule has 266 valence electrons. The highest BCUT2D eigenvalue weighted by Gasteiger charge is 3.05. The number of ether oxygens (including phenoxy) is 8. The number of esters is 5. The number of rotatable bonds is 6. The van der Waals surface area contributed by atoms with E-state index in [1.807, 2.05) is 20.8 Å². The van der Waals surface area contributed by atoms with E-state index in [4.69, 9.17) is 42.3 Å². The summed E-state index contributed by atoms with van der Waals surface area (Å²) in [7, 11) is 1.30. The Balaban J connectivity index is 1.50. The average Bonchev–Trinajstić information content (AvgIpc) is 3.70. The summed E-state index contributed by atoms with van der Waals surface area (Å²) in [6.07, 6.45) is -0.00265. The first-order valence-electron chi connectivity index (χ1n) is 16.8. The van der Waals surface area contributed by atoms with E-state index in [-0.39, 0.29) is 19.3 Å². The van der Waals surface area contributed by atoms with Crippen molar-refractivity contribution >= 4 is 29.8 Å². The first-order valence-corrected chi connectivity index (χ1v) is 16.8. The van der Waals surface area contributed by atoms with Crippen molar-refractivity contribution in [3.8, 4) is 0 Å². The smallest absolute Gasteiger partial charge is 0.306 e. The molecule has 13 atom stereocenters. The molecule has 0 aromatic carbocycles. The lowest BCUT2D eigenvalue weighted by atomic mass is 9.33. The number of fused-ring (bicyclic) bond motifs is 3.